The van der Waals surface area contributed by atoms with Crippen molar-refractivity contribution in [3.05, 3.63) is 41.4 Å². The van der Waals surface area contributed by atoms with Gasteiger partial charge in [-0.2, -0.15) is 0 Å². The molecule has 2 N–H and O–H groups in total. The first-order chi connectivity index (χ1) is 13.5. The van der Waals surface area contributed by atoms with Crippen LogP contribution >= 0.6 is 23.4 Å². The van der Waals surface area contributed by atoms with Crippen LogP contribution in [-0.4, -0.2) is 36.3 Å². The van der Waals surface area contributed by atoms with E-state index in [9.17, 15) is 14.4 Å². The van der Waals surface area contributed by atoms with Gasteiger partial charge in [0.25, 0.3) is 5.91 Å². The van der Waals surface area contributed by atoms with E-state index >= 15 is 0 Å². The van der Waals surface area contributed by atoms with E-state index in [0.29, 0.717) is 5.02 Å². The van der Waals surface area contributed by atoms with Crippen LogP contribution in [-0.2, 0) is 14.3 Å². The number of thioether (sulfide) groups is 1. The van der Waals surface area contributed by atoms with Gasteiger partial charge in [-0.25, -0.2) is 4.79 Å². The Morgan fingerprint density at radius 2 is 1.82 bits per heavy atom. The Hall–Kier alpha value is -2.25. The summed E-state index contributed by atoms with van der Waals surface area (Å²) in [5.41, 5.74) is 0. The molecule has 0 saturated heterocycles. The first-order valence-corrected chi connectivity index (χ1v) is 10.5. The van der Waals surface area contributed by atoms with E-state index in [1.807, 2.05) is 30.3 Å². The van der Waals surface area contributed by atoms with Gasteiger partial charge >= 0.3 is 12.0 Å². The van der Waals surface area contributed by atoms with E-state index in [1.54, 1.807) is 6.07 Å². The summed E-state index contributed by atoms with van der Waals surface area (Å²) >= 11 is 7.56. The van der Waals surface area contributed by atoms with Crippen molar-refractivity contribution in [3.8, 4) is 0 Å². The number of amides is 3. The fourth-order valence-corrected chi connectivity index (χ4v) is 4.40. The predicted octanol–water partition coefficient (Wildman–Crippen LogP) is 3.90. The van der Waals surface area contributed by atoms with Crippen molar-refractivity contribution >= 4 is 52.0 Å². The number of esters is 1. The predicted molar refractivity (Wildman–Crippen MR) is 110 cm³/mol. The van der Waals surface area contributed by atoms with Crippen molar-refractivity contribution in [2.75, 3.05) is 12.4 Å². The standard InChI is InChI=1S/C20H21ClN2O4S/c21-15-9-3-5-13-6-4-10-16(19(13)15)28-12-18(25)27-11-17(24)23-20(26)22-14-7-1-2-8-14/h3-6,9-10,14H,1-2,7-8,11-12H2,(H2,22,23,24,26). The molecular weight excluding hydrogens is 400 g/mol. The summed E-state index contributed by atoms with van der Waals surface area (Å²) < 4.78 is 4.95. The van der Waals surface area contributed by atoms with E-state index < -0.39 is 24.5 Å². The lowest BCUT2D eigenvalue weighted by atomic mass is 10.1. The first-order valence-electron chi connectivity index (χ1n) is 9.09. The summed E-state index contributed by atoms with van der Waals surface area (Å²) in [6.07, 6.45) is 4.00. The van der Waals surface area contributed by atoms with Gasteiger partial charge in [0.15, 0.2) is 6.61 Å². The molecule has 2 aromatic carbocycles. The second kappa shape index (κ2) is 9.80. The van der Waals surface area contributed by atoms with Crippen LogP contribution in [0.3, 0.4) is 0 Å². The highest BCUT2D eigenvalue weighted by Gasteiger charge is 2.18. The molecule has 1 aliphatic carbocycles. The van der Waals surface area contributed by atoms with Crippen molar-refractivity contribution in [2.45, 2.75) is 36.6 Å². The van der Waals surface area contributed by atoms with Crippen LogP contribution < -0.4 is 10.6 Å². The van der Waals surface area contributed by atoms with Crippen LogP contribution in [0.1, 0.15) is 25.7 Å². The van der Waals surface area contributed by atoms with Crippen LogP contribution in [0.25, 0.3) is 10.8 Å². The van der Waals surface area contributed by atoms with Gasteiger partial charge in [-0.05, 0) is 30.4 Å². The molecule has 1 fully saturated rings. The summed E-state index contributed by atoms with van der Waals surface area (Å²) in [6.45, 7) is -0.492. The van der Waals surface area contributed by atoms with Crippen LogP contribution in [0.15, 0.2) is 41.3 Å². The quantitative estimate of drug-likeness (QED) is 0.547. The van der Waals surface area contributed by atoms with Crippen molar-refractivity contribution in [3.63, 3.8) is 0 Å². The highest BCUT2D eigenvalue weighted by Crippen LogP contribution is 2.33. The number of ether oxygens (including phenoxy) is 1. The number of benzene rings is 2. The Morgan fingerprint density at radius 3 is 2.57 bits per heavy atom. The maximum absolute atomic E-state index is 11.9. The third-order valence-corrected chi connectivity index (χ3v) is 5.81. The molecule has 0 atom stereocenters. The molecule has 0 unspecified atom stereocenters. The third-order valence-electron chi connectivity index (χ3n) is 4.47. The van der Waals surface area contributed by atoms with Gasteiger partial charge in [-0.3, -0.25) is 14.9 Å². The summed E-state index contributed by atoms with van der Waals surface area (Å²) in [5.74, 6) is -1.16. The van der Waals surface area contributed by atoms with E-state index in [2.05, 4.69) is 10.6 Å². The monoisotopic (exact) mass is 420 g/mol. The molecule has 0 heterocycles. The van der Waals surface area contributed by atoms with Crippen molar-refractivity contribution in [1.29, 1.82) is 0 Å². The van der Waals surface area contributed by atoms with Crippen LogP contribution in [0.4, 0.5) is 4.79 Å². The average molecular weight is 421 g/mol. The molecule has 0 spiro atoms. The SMILES string of the molecule is O=C(COC(=O)CSc1cccc2cccc(Cl)c12)NC(=O)NC1CCCC1. The molecule has 3 amide bonds. The fraction of sp³-hybridized carbons (Fsp3) is 0.350. The van der Waals surface area contributed by atoms with E-state index in [-0.39, 0.29) is 11.8 Å². The number of halogens is 1. The van der Waals surface area contributed by atoms with Gasteiger partial charge in [0.05, 0.1) is 5.75 Å². The number of nitrogens with one attached hydrogen (secondary N) is 2. The fourth-order valence-electron chi connectivity index (χ4n) is 3.16. The summed E-state index contributed by atoms with van der Waals surface area (Å²) in [6, 6.07) is 10.9. The third kappa shape index (κ3) is 5.62. The average Bonchev–Trinajstić information content (AvgIpc) is 3.17. The minimum absolute atomic E-state index is 0.0336. The molecule has 6 nitrogen and oxygen atoms in total. The number of imide groups is 1. The van der Waals surface area contributed by atoms with Crippen LogP contribution in [0.5, 0.6) is 0 Å². The zero-order valence-corrected chi connectivity index (χ0v) is 16.8. The van der Waals surface area contributed by atoms with Gasteiger partial charge in [-0.15, -0.1) is 11.8 Å². The maximum Gasteiger partial charge on any atom is 0.321 e. The molecular formula is C20H21ClN2O4S. The number of hydrogen-bond acceptors (Lipinski definition) is 5. The van der Waals surface area contributed by atoms with Gasteiger partial charge in [0.1, 0.15) is 0 Å². The number of urea groups is 1. The van der Waals surface area contributed by atoms with E-state index in [4.69, 9.17) is 16.3 Å². The summed E-state index contributed by atoms with van der Waals surface area (Å²) in [5, 5.41) is 7.39. The first kappa shape index (κ1) is 20.5. The molecule has 0 aliphatic heterocycles. The largest absolute Gasteiger partial charge is 0.455 e. The normalized spacial score (nSPS) is 14.0. The van der Waals surface area contributed by atoms with Crippen molar-refractivity contribution in [2.24, 2.45) is 0 Å². The lowest BCUT2D eigenvalue weighted by Gasteiger charge is -2.12. The Balaban J connectivity index is 1.43. The number of carbonyl (C=O) groups excluding carboxylic acids is 3. The molecule has 8 heteroatoms. The van der Waals surface area contributed by atoms with E-state index in [0.717, 1.165) is 41.4 Å². The Morgan fingerprint density at radius 1 is 1.11 bits per heavy atom. The molecule has 1 aliphatic rings. The molecule has 0 bridgehead atoms. The van der Waals surface area contributed by atoms with Gasteiger partial charge in [0.2, 0.25) is 0 Å². The minimum atomic E-state index is -0.651. The summed E-state index contributed by atoms with van der Waals surface area (Å²) in [4.78, 5) is 36.3. The van der Waals surface area contributed by atoms with Gasteiger partial charge in [0, 0.05) is 21.3 Å². The maximum atomic E-state index is 11.9. The lowest BCUT2D eigenvalue weighted by Crippen LogP contribution is -2.45. The lowest BCUT2D eigenvalue weighted by molar-refractivity contribution is -0.145. The smallest absolute Gasteiger partial charge is 0.321 e. The van der Waals surface area contributed by atoms with Crippen LogP contribution in [0, 0.1) is 0 Å². The number of carbonyl (C=O) groups is 3. The Kier molecular flexibility index (Phi) is 7.17. The summed E-state index contributed by atoms with van der Waals surface area (Å²) in [7, 11) is 0. The Bertz CT molecular complexity index is 878. The molecule has 0 radical (unpaired) electrons. The molecule has 148 valence electrons. The molecule has 2 aromatic rings. The number of hydrogen-bond donors (Lipinski definition) is 2. The molecule has 3 rings (SSSR count). The van der Waals surface area contributed by atoms with Gasteiger partial charge in [-0.1, -0.05) is 48.7 Å². The highest BCUT2D eigenvalue weighted by atomic mass is 35.5. The van der Waals surface area contributed by atoms with Crippen LogP contribution in [0.2, 0.25) is 5.02 Å². The minimum Gasteiger partial charge on any atom is -0.455 e. The van der Waals surface area contributed by atoms with Crippen molar-refractivity contribution < 1.29 is 19.1 Å². The molecule has 28 heavy (non-hydrogen) atoms. The van der Waals surface area contributed by atoms with Gasteiger partial charge < -0.3 is 10.1 Å². The zero-order chi connectivity index (χ0) is 19.9. The second-order valence-corrected chi connectivity index (χ2v) is 7.97. The second-order valence-electron chi connectivity index (χ2n) is 6.55. The molecule has 0 aromatic heterocycles. The Labute approximate surface area is 172 Å². The van der Waals surface area contributed by atoms with E-state index in [1.165, 1.54) is 11.8 Å². The number of fused-ring (bicyclic) bond motifs is 1. The number of rotatable bonds is 6. The highest BCUT2D eigenvalue weighted by molar-refractivity contribution is 8.00. The topological polar surface area (TPSA) is 84.5 Å². The zero-order valence-electron chi connectivity index (χ0n) is 15.2. The van der Waals surface area contributed by atoms with Crippen molar-refractivity contribution in [1.82, 2.24) is 10.6 Å². The molecule has 1 saturated carbocycles.